The number of rotatable bonds is 3. The van der Waals surface area contributed by atoms with Crippen molar-refractivity contribution in [2.45, 2.75) is 12.8 Å². The molecule has 4 aliphatic rings. The zero-order valence-corrected chi connectivity index (χ0v) is 14.8. The molecule has 6 heteroatoms. The molecule has 1 saturated heterocycles. The Morgan fingerprint density at radius 1 is 1.17 bits per heavy atom. The number of carbonyl (C=O) groups is 2. The second kappa shape index (κ2) is 5.84. The van der Waals surface area contributed by atoms with Gasteiger partial charge in [0.15, 0.2) is 0 Å². The fourth-order valence-electron chi connectivity index (χ4n) is 4.06. The quantitative estimate of drug-likeness (QED) is 0.454. The maximum Gasteiger partial charge on any atom is 0.254 e. The van der Waals surface area contributed by atoms with Gasteiger partial charge in [0.05, 0.1) is 29.6 Å². The van der Waals surface area contributed by atoms with Crippen LogP contribution in [-0.2, 0) is 9.59 Å². The predicted molar refractivity (Wildman–Crippen MR) is 92.5 cm³/mol. The Kier molecular flexibility index (Phi) is 3.79. The van der Waals surface area contributed by atoms with Crippen LogP contribution in [-0.4, -0.2) is 30.1 Å². The number of benzene rings is 1. The van der Waals surface area contributed by atoms with E-state index in [1.807, 2.05) is 18.2 Å². The summed E-state index contributed by atoms with van der Waals surface area (Å²) in [6.45, 7) is 0. The molecule has 5 nitrogen and oxygen atoms in total. The van der Waals surface area contributed by atoms with Crippen LogP contribution in [0.4, 0.5) is 0 Å². The van der Waals surface area contributed by atoms with Gasteiger partial charge in [0.25, 0.3) is 11.8 Å². The molecule has 0 aromatic heterocycles. The van der Waals surface area contributed by atoms with Gasteiger partial charge in [-0.1, -0.05) is 12.2 Å². The summed E-state index contributed by atoms with van der Waals surface area (Å²) in [5.74, 6) is 0.329. The van der Waals surface area contributed by atoms with Crippen LogP contribution in [0.5, 0.6) is 5.75 Å². The summed E-state index contributed by atoms with van der Waals surface area (Å²) < 4.78 is 5.99. The smallest absolute Gasteiger partial charge is 0.254 e. The van der Waals surface area contributed by atoms with Gasteiger partial charge in [0.1, 0.15) is 5.75 Å². The van der Waals surface area contributed by atoms with Crippen molar-refractivity contribution in [1.29, 1.82) is 0 Å². The first-order chi connectivity index (χ1) is 11.6. The largest absolute Gasteiger partial charge is 0.496 e. The van der Waals surface area contributed by atoms with Gasteiger partial charge < -0.3 is 4.74 Å². The van der Waals surface area contributed by atoms with Gasteiger partial charge in [-0.05, 0) is 64.4 Å². The highest BCUT2D eigenvalue weighted by molar-refractivity contribution is 9.10. The second-order valence-electron chi connectivity index (χ2n) is 6.47. The lowest BCUT2D eigenvalue weighted by Crippen LogP contribution is -2.38. The van der Waals surface area contributed by atoms with Gasteiger partial charge >= 0.3 is 0 Å². The van der Waals surface area contributed by atoms with E-state index in [4.69, 9.17) is 4.74 Å². The fourth-order valence-corrected chi connectivity index (χ4v) is 4.62. The molecule has 1 aromatic carbocycles. The zero-order valence-electron chi connectivity index (χ0n) is 13.2. The van der Waals surface area contributed by atoms with E-state index in [0.29, 0.717) is 5.75 Å². The Labute approximate surface area is 148 Å². The van der Waals surface area contributed by atoms with Crippen LogP contribution in [0.3, 0.4) is 0 Å². The van der Waals surface area contributed by atoms with Crippen molar-refractivity contribution < 1.29 is 14.3 Å². The molecule has 2 amide bonds. The van der Waals surface area contributed by atoms with Gasteiger partial charge in [-0.3, -0.25) is 9.59 Å². The summed E-state index contributed by atoms with van der Waals surface area (Å²) in [6.07, 6.45) is 7.74. The zero-order chi connectivity index (χ0) is 16.8. The Bertz CT molecular complexity index is 742. The highest BCUT2D eigenvalue weighted by Crippen LogP contribution is 2.49. The molecule has 2 bridgehead atoms. The van der Waals surface area contributed by atoms with Crippen LogP contribution in [0.25, 0.3) is 0 Å². The molecule has 1 aromatic rings. The van der Waals surface area contributed by atoms with E-state index in [1.165, 1.54) is 0 Å². The maximum absolute atomic E-state index is 12.7. The number of imide groups is 1. The second-order valence-corrected chi connectivity index (χ2v) is 7.32. The molecule has 24 heavy (non-hydrogen) atoms. The molecule has 0 N–H and O–H groups in total. The summed E-state index contributed by atoms with van der Waals surface area (Å²) in [5.41, 5.74) is 0.791. The summed E-state index contributed by atoms with van der Waals surface area (Å²) in [7, 11) is 1.60. The highest BCUT2D eigenvalue weighted by atomic mass is 79.9. The SMILES string of the molecule is COc1ccc(/C=N\N2C(=O)[C@@H]3[C@@H](C2=O)[C@H]2C=C[C@@H]3CC2)cc1Br. The van der Waals surface area contributed by atoms with Crippen molar-refractivity contribution in [3.05, 3.63) is 40.4 Å². The number of halogens is 1. The van der Waals surface area contributed by atoms with Crippen molar-refractivity contribution in [2.75, 3.05) is 7.11 Å². The van der Waals surface area contributed by atoms with Gasteiger partial charge in [-0.2, -0.15) is 10.1 Å². The van der Waals surface area contributed by atoms with E-state index in [9.17, 15) is 9.59 Å². The van der Waals surface area contributed by atoms with Crippen molar-refractivity contribution in [1.82, 2.24) is 5.01 Å². The Morgan fingerprint density at radius 3 is 2.29 bits per heavy atom. The average molecular weight is 389 g/mol. The van der Waals surface area contributed by atoms with Crippen LogP contribution < -0.4 is 4.74 Å². The van der Waals surface area contributed by atoms with Crippen molar-refractivity contribution in [3.63, 3.8) is 0 Å². The van der Waals surface area contributed by atoms with E-state index in [0.717, 1.165) is 27.9 Å². The average Bonchev–Trinajstić information content (AvgIpc) is 2.87. The predicted octanol–water partition coefficient (Wildman–Crippen LogP) is 2.99. The minimum Gasteiger partial charge on any atom is -0.496 e. The number of carbonyl (C=O) groups excluding carboxylic acids is 2. The Hall–Kier alpha value is -1.95. The number of ether oxygens (including phenoxy) is 1. The molecular formula is C18H17BrN2O3. The molecule has 124 valence electrons. The van der Waals surface area contributed by atoms with E-state index in [2.05, 4.69) is 33.2 Å². The van der Waals surface area contributed by atoms with E-state index >= 15 is 0 Å². The number of hydrogen-bond acceptors (Lipinski definition) is 4. The van der Waals surface area contributed by atoms with E-state index in [-0.39, 0.29) is 35.5 Å². The molecule has 0 spiro atoms. The van der Waals surface area contributed by atoms with Gasteiger partial charge in [-0.15, -0.1) is 0 Å². The molecule has 4 atom stereocenters. The van der Waals surface area contributed by atoms with Gasteiger partial charge in [0, 0.05) is 0 Å². The van der Waals surface area contributed by atoms with Crippen LogP contribution in [0.2, 0.25) is 0 Å². The first-order valence-electron chi connectivity index (χ1n) is 8.04. The third kappa shape index (κ3) is 2.32. The number of allylic oxidation sites excluding steroid dienone is 2. The lowest BCUT2D eigenvalue weighted by molar-refractivity contribution is -0.140. The van der Waals surface area contributed by atoms with Gasteiger partial charge in [0.2, 0.25) is 0 Å². The van der Waals surface area contributed by atoms with Crippen molar-refractivity contribution in [3.8, 4) is 5.75 Å². The summed E-state index contributed by atoms with van der Waals surface area (Å²) in [6, 6.07) is 5.48. The van der Waals surface area contributed by atoms with E-state index < -0.39 is 0 Å². The number of fused-ring (bicyclic) bond motifs is 1. The third-order valence-corrected chi connectivity index (χ3v) is 5.85. The molecular weight excluding hydrogens is 372 g/mol. The topological polar surface area (TPSA) is 59.0 Å². The summed E-state index contributed by atoms with van der Waals surface area (Å²) in [4.78, 5) is 25.3. The molecule has 3 aliphatic carbocycles. The molecule has 1 saturated carbocycles. The Morgan fingerprint density at radius 2 is 1.79 bits per heavy atom. The molecule has 2 fully saturated rings. The molecule has 1 heterocycles. The number of hydrazone groups is 1. The lowest BCUT2D eigenvalue weighted by Gasteiger charge is -2.37. The number of amides is 2. The van der Waals surface area contributed by atoms with Crippen LogP contribution in [0.1, 0.15) is 18.4 Å². The standard InChI is InChI=1S/C18H17BrN2O3/c1-24-14-7-2-10(8-13(14)19)9-20-21-17(22)15-11-3-4-12(6-5-11)16(15)18(21)23/h2-4,7-9,11-12,15-16H,5-6H2,1H3/b20-9-/t11-,12+,15-,16-/m0/s1. The molecule has 1 aliphatic heterocycles. The minimum absolute atomic E-state index is 0.159. The normalized spacial score (nSPS) is 31.2. The maximum atomic E-state index is 12.7. The van der Waals surface area contributed by atoms with Crippen molar-refractivity contribution in [2.24, 2.45) is 28.8 Å². The van der Waals surface area contributed by atoms with Crippen LogP contribution >= 0.6 is 15.9 Å². The number of hydrogen-bond donors (Lipinski definition) is 0. The number of methoxy groups -OCH3 is 1. The highest BCUT2D eigenvalue weighted by Gasteiger charge is 2.56. The molecule has 5 rings (SSSR count). The Balaban J connectivity index is 1.58. The third-order valence-electron chi connectivity index (χ3n) is 5.23. The van der Waals surface area contributed by atoms with Crippen molar-refractivity contribution >= 4 is 34.0 Å². The summed E-state index contributed by atoms with van der Waals surface area (Å²) >= 11 is 3.42. The first-order valence-corrected chi connectivity index (χ1v) is 8.83. The van der Waals surface area contributed by atoms with Gasteiger partial charge in [-0.25, -0.2) is 0 Å². The number of nitrogens with zero attached hydrogens (tertiary/aromatic N) is 2. The first kappa shape index (κ1) is 15.6. The van der Waals surface area contributed by atoms with Crippen LogP contribution in [0, 0.1) is 23.7 Å². The fraction of sp³-hybridized carbons (Fsp3) is 0.389. The monoisotopic (exact) mass is 388 g/mol. The van der Waals surface area contributed by atoms with Crippen LogP contribution in [0.15, 0.2) is 39.9 Å². The molecule has 0 unspecified atom stereocenters. The minimum atomic E-state index is -0.221. The lowest BCUT2D eigenvalue weighted by atomic mass is 9.63. The molecule has 0 radical (unpaired) electrons. The summed E-state index contributed by atoms with van der Waals surface area (Å²) in [5, 5.41) is 5.27. The van der Waals surface area contributed by atoms with E-state index in [1.54, 1.807) is 13.3 Å².